The van der Waals surface area contributed by atoms with Crippen LogP contribution in [0.1, 0.15) is 37.0 Å². The van der Waals surface area contributed by atoms with Crippen molar-refractivity contribution in [1.82, 2.24) is 15.1 Å². The minimum atomic E-state index is -0.266. The Morgan fingerprint density at radius 2 is 2.38 bits per heavy atom. The lowest BCUT2D eigenvalue weighted by atomic mass is 10.2. The number of aromatic nitrogens is 2. The van der Waals surface area contributed by atoms with Crippen LogP contribution in [0.5, 0.6) is 0 Å². The molecular formula is C12H17N3O. The summed E-state index contributed by atoms with van der Waals surface area (Å²) in [6, 6.07) is 1.54. The van der Waals surface area contributed by atoms with E-state index in [0.29, 0.717) is 12.2 Å². The van der Waals surface area contributed by atoms with Crippen LogP contribution in [0.15, 0.2) is 6.07 Å². The molecule has 0 saturated heterocycles. The van der Waals surface area contributed by atoms with Gasteiger partial charge in [0.15, 0.2) is 0 Å². The van der Waals surface area contributed by atoms with Crippen molar-refractivity contribution >= 4 is 5.91 Å². The quantitative estimate of drug-likeness (QED) is 0.774. The Hall–Kier alpha value is -1.76. The van der Waals surface area contributed by atoms with E-state index in [4.69, 9.17) is 6.42 Å². The molecule has 16 heavy (non-hydrogen) atoms. The van der Waals surface area contributed by atoms with E-state index in [-0.39, 0.29) is 11.9 Å². The highest BCUT2D eigenvalue weighted by molar-refractivity contribution is 5.93. The van der Waals surface area contributed by atoms with Crippen LogP contribution in [0.3, 0.4) is 0 Å². The summed E-state index contributed by atoms with van der Waals surface area (Å²) in [5.74, 6) is 2.30. The van der Waals surface area contributed by atoms with E-state index in [9.17, 15) is 4.79 Å². The number of rotatable bonds is 4. The first-order chi connectivity index (χ1) is 7.62. The minimum Gasteiger partial charge on any atom is -0.337 e. The predicted molar refractivity (Wildman–Crippen MR) is 63.0 cm³/mol. The zero-order chi connectivity index (χ0) is 12.1. The molecule has 4 heteroatoms. The SMILES string of the molecule is C#CC(C)NC(=O)c1cc(CC)nn1CC. The van der Waals surface area contributed by atoms with Gasteiger partial charge in [0.05, 0.1) is 11.7 Å². The first-order valence-electron chi connectivity index (χ1n) is 5.46. The lowest BCUT2D eigenvalue weighted by Gasteiger charge is -2.08. The summed E-state index contributed by atoms with van der Waals surface area (Å²) >= 11 is 0. The van der Waals surface area contributed by atoms with Crippen LogP contribution in [0.25, 0.3) is 0 Å². The highest BCUT2D eigenvalue weighted by Crippen LogP contribution is 2.05. The van der Waals surface area contributed by atoms with Gasteiger partial charge in [0.25, 0.3) is 5.91 Å². The zero-order valence-corrected chi connectivity index (χ0v) is 9.95. The largest absolute Gasteiger partial charge is 0.337 e. The molecule has 1 atom stereocenters. The van der Waals surface area contributed by atoms with Crippen LogP contribution in [0, 0.1) is 12.3 Å². The molecule has 1 rings (SSSR count). The molecule has 1 aromatic heterocycles. The van der Waals surface area contributed by atoms with Gasteiger partial charge in [-0.2, -0.15) is 5.10 Å². The number of aryl methyl sites for hydroxylation is 2. The van der Waals surface area contributed by atoms with Crippen molar-refractivity contribution in [3.63, 3.8) is 0 Å². The van der Waals surface area contributed by atoms with Crippen molar-refractivity contribution < 1.29 is 4.79 Å². The molecule has 1 amide bonds. The van der Waals surface area contributed by atoms with E-state index in [0.717, 1.165) is 12.1 Å². The fourth-order valence-electron chi connectivity index (χ4n) is 1.38. The number of hydrogen-bond donors (Lipinski definition) is 1. The van der Waals surface area contributed by atoms with Gasteiger partial charge in [-0.3, -0.25) is 9.48 Å². The maximum Gasteiger partial charge on any atom is 0.270 e. The number of nitrogens with zero attached hydrogens (tertiary/aromatic N) is 2. The second-order valence-corrected chi connectivity index (χ2v) is 3.55. The Morgan fingerprint density at radius 3 is 2.88 bits per heavy atom. The Labute approximate surface area is 96.0 Å². The van der Waals surface area contributed by atoms with Crippen molar-refractivity contribution in [2.24, 2.45) is 0 Å². The summed E-state index contributed by atoms with van der Waals surface area (Å²) in [5, 5.41) is 7.03. The number of hydrogen-bond acceptors (Lipinski definition) is 2. The van der Waals surface area contributed by atoms with Crippen LogP contribution >= 0.6 is 0 Å². The number of amides is 1. The van der Waals surface area contributed by atoms with E-state index >= 15 is 0 Å². The molecule has 0 aromatic carbocycles. The van der Waals surface area contributed by atoms with Gasteiger partial charge in [0, 0.05) is 6.54 Å². The Kier molecular flexibility index (Phi) is 4.12. The Morgan fingerprint density at radius 1 is 1.69 bits per heavy atom. The molecule has 1 N–H and O–H groups in total. The summed E-state index contributed by atoms with van der Waals surface area (Å²) in [7, 11) is 0. The van der Waals surface area contributed by atoms with Crippen molar-refractivity contribution in [1.29, 1.82) is 0 Å². The van der Waals surface area contributed by atoms with Gasteiger partial charge in [-0.25, -0.2) is 0 Å². The van der Waals surface area contributed by atoms with Crippen molar-refractivity contribution in [3.8, 4) is 12.3 Å². The number of nitrogens with one attached hydrogen (secondary N) is 1. The standard InChI is InChI=1S/C12H17N3O/c1-5-9(4)13-12(16)11-8-10(6-2)14-15(11)7-3/h1,8-9H,6-7H2,2-4H3,(H,13,16). The average molecular weight is 219 g/mol. The van der Waals surface area contributed by atoms with Gasteiger partial charge < -0.3 is 5.32 Å². The molecular weight excluding hydrogens is 202 g/mol. The molecule has 0 radical (unpaired) electrons. The molecule has 0 bridgehead atoms. The van der Waals surface area contributed by atoms with Crippen molar-refractivity contribution in [2.75, 3.05) is 0 Å². The van der Waals surface area contributed by atoms with Gasteiger partial charge in [0.1, 0.15) is 5.69 Å². The zero-order valence-electron chi connectivity index (χ0n) is 9.95. The summed E-state index contributed by atoms with van der Waals surface area (Å²) in [6.45, 7) is 6.40. The fraction of sp³-hybridized carbons (Fsp3) is 0.500. The van der Waals surface area contributed by atoms with E-state index < -0.39 is 0 Å². The summed E-state index contributed by atoms with van der Waals surface area (Å²) in [5.41, 5.74) is 1.49. The third kappa shape index (κ3) is 2.63. The second-order valence-electron chi connectivity index (χ2n) is 3.55. The van der Waals surface area contributed by atoms with Crippen LogP contribution in [0.4, 0.5) is 0 Å². The predicted octanol–water partition coefficient (Wildman–Crippen LogP) is 1.22. The molecule has 0 aliphatic rings. The molecule has 1 aromatic rings. The van der Waals surface area contributed by atoms with Crippen LogP contribution in [-0.4, -0.2) is 21.7 Å². The first-order valence-corrected chi connectivity index (χ1v) is 5.46. The molecule has 86 valence electrons. The number of terminal acetylenes is 1. The highest BCUT2D eigenvalue weighted by Gasteiger charge is 2.14. The molecule has 1 heterocycles. The van der Waals surface area contributed by atoms with Crippen molar-refractivity contribution in [3.05, 3.63) is 17.5 Å². The van der Waals surface area contributed by atoms with Crippen LogP contribution < -0.4 is 5.32 Å². The summed E-state index contributed by atoms with van der Waals surface area (Å²) in [6.07, 6.45) is 6.03. The molecule has 0 fully saturated rings. The molecule has 0 aliphatic heterocycles. The van der Waals surface area contributed by atoms with Crippen molar-refractivity contribution in [2.45, 2.75) is 39.8 Å². The third-order valence-electron chi connectivity index (χ3n) is 2.32. The summed E-state index contributed by atoms with van der Waals surface area (Å²) in [4.78, 5) is 11.9. The van der Waals surface area contributed by atoms with Gasteiger partial charge >= 0.3 is 0 Å². The second kappa shape index (κ2) is 5.36. The van der Waals surface area contributed by atoms with E-state index in [1.54, 1.807) is 11.6 Å². The average Bonchev–Trinajstić information content (AvgIpc) is 2.71. The van der Waals surface area contributed by atoms with E-state index in [1.807, 2.05) is 19.9 Å². The van der Waals surface area contributed by atoms with E-state index in [1.165, 1.54) is 0 Å². The molecule has 4 nitrogen and oxygen atoms in total. The maximum atomic E-state index is 11.9. The minimum absolute atomic E-state index is 0.167. The van der Waals surface area contributed by atoms with Crippen LogP contribution in [-0.2, 0) is 13.0 Å². The lowest BCUT2D eigenvalue weighted by Crippen LogP contribution is -2.32. The van der Waals surface area contributed by atoms with Gasteiger partial charge in [-0.15, -0.1) is 6.42 Å². The third-order valence-corrected chi connectivity index (χ3v) is 2.32. The molecule has 0 saturated carbocycles. The Balaban J connectivity index is 2.90. The van der Waals surface area contributed by atoms with Gasteiger partial charge in [-0.1, -0.05) is 12.8 Å². The highest BCUT2D eigenvalue weighted by atomic mass is 16.2. The van der Waals surface area contributed by atoms with Gasteiger partial charge in [-0.05, 0) is 26.3 Å². The fourth-order valence-corrected chi connectivity index (χ4v) is 1.38. The van der Waals surface area contributed by atoms with E-state index in [2.05, 4.69) is 16.3 Å². The maximum absolute atomic E-state index is 11.9. The molecule has 0 spiro atoms. The van der Waals surface area contributed by atoms with Gasteiger partial charge in [0.2, 0.25) is 0 Å². The monoisotopic (exact) mass is 219 g/mol. The normalized spacial score (nSPS) is 11.9. The summed E-state index contributed by atoms with van der Waals surface area (Å²) < 4.78 is 1.69. The number of carbonyl (C=O) groups excluding carboxylic acids is 1. The first kappa shape index (κ1) is 12.3. The number of carbonyl (C=O) groups is 1. The van der Waals surface area contributed by atoms with Crippen LogP contribution in [0.2, 0.25) is 0 Å². The Bertz CT molecular complexity index is 414. The molecule has 0 aliphatic carbocycles. The lowest BCUT2D eigenvalue weighted by molar-refractivity contribution is 0.0937. The topological polar surface area (TPSA) is 46.9 Å². The molecule has 1 unspecified atom stereocenters. The smallest absolute Gasteiger partial charge is 0.270 e.